The zero-order valence-corrected chi connectivity index (χ0v) is 7.98. The monoisotopic (exact) mass is 254 g/mol. The Labute approximate surface area is 86.3 Å². The van der Waals surface area contributed by atoms with Crippen molar-refractivity contribution in [2.45, 2.75) is 25.4 Å². The van der Waals surface area contributed by atoms with Gasteiger partial charge in [0, 0.05) is 0 Å². The van der Waals surface area contributed by atoms with E-state index in [4.69, 9.17) is 0 Å². The molecule has 0 fully saturated rings. The second kappa shape index (κ2) is 5.37. The van der Waals surface area contributed by atoms with Crippen LogP contribution in [0, 0.1) is 0 Å². The van der Waals surface area contributed by atoms with Crippen molar-refractivity contribution in [1.82, 2.24) is 0 Å². The van der Waals surface area contributed by atoms with E-state index in [2.05, 4.69) is 9.47 Å². The van der Waals surface area contributed by atoms with Crippen LogP contribution < -0.4 is 0 Å². The van der Waals surface area contributed by atoms with Crippen molar-refractivity contribution in [3.05, 3.63) is 0 Å². The lowest BCUT2D eigenvalue weighted by molar-refractivity contribution is -0.320. The van der Waals surface area contributed by atoms with Crippen LogP contribution in [0.2, 0.25) is 0 Å². The molecule has 96 valence electrons. The van der Waals surface area contributed by atoms with Crippen LogP contribution in [0.4, 0.5) is 26.3 Å². The van der Waals surface area contributed by atoms with Crippen molar-refractivity contribution in [2.24, 2.45) is 0 Å². The smallest absolute Gasteiger partial charge is 0.423 e. The summed E-state index contributed by atoms with van der Waals surface area (Å²) < 4.78 is 78.7. The molecule has 0 aromatic carbocycles. The molecule has 3 nitrogen and oxygen atoms in total. The number of halogens is 6. The quantitative estimate of drug-likeness (QED) is 0.569. The van der Waals surface area contributed by atoms with Gasteiger partial charge in [0.15, 0.2) is 0 Å². The fourth-order valence-corrected chi connectivity index (χ4v) is 0.729. The minimum Gasteiger partial charge on any atom is -0.464 e. The fraction of sp³-hybridized carbons (Fsp3) is 0.857. The zero-order chi connectivity index (χ0) is 13.0. The van der Waals surface area contributed by atoms with Crippen molar-refractivity contribution < 1.29 is 40.6 Å². The summed E-state index contributed by atoms with van der Waals surface area (Å²) in [6.45, 7) is -0.217. The molecule has 0 rings (SSSR count). The van der Waals surface area contributed by atoms with Crippen LogP contribution in [0.1, 0.15) is 6.92 Å². The Morgan fingerprint density at radius 3 is 1.88 bits per heavy atom. The average molecular weight is 254 g/mol. The van der Waals surface area contributed by atoms with Gasteiger partial charge in [0.1, 0.15) is 6.61 Å². The highest BCUT2D eigenvalue weighted by atomic mass is 19.4. The number of carbonyl (C=O) groups excluding carboxylic acids is 1. The number of ether oxygens (including phenoxy) is 2. The topological polar surface area (TPSA) is 35.5 Å². The third-order valence-corrected chi connectivity index (χ3v) is 1.27. The molecule has 9 heteroatoms. The third-order valence-electron chi connectivity index (χ3n) is 1.27. The Morgan fingerprint density at radius 2 is 1.56 bits per heavy atom. The number of rotatable bonds is 4. The van der Waals surface area contributed by atoms with Gasteiger partial charge in [-0.05, 0) is 6.92 Å². The summed E-state index contributed by atoms with van der Waals surface area (Å²) in [6.07, 6.45) is -15.2. The van der Waals surface area contributed by atoms with E-state index in [1.54, 1.807) is 0 Å². The van der Waals surface area contributed by atoms with Crippen LogP contribution in [-0.4, -0.2) is 37.6 Å². The summed E-state index contributed by atoms with van der Waals surface area (Å²) in [7, 11) is 0. The molecule has 0 aromatic rings. The van der Waals surface area contributed by atoms with Crippen molar-refractivity contribution in [3.63, 3.8) is 0 Å². The van der Waals surface area contributed by atoms with Crippen LogP contribution in [0.3, 0.4) is 0 Å². The molecule has 0 saturated carbocycles. The van der Waals surface area contributed by atoms with Crippen molar-refractivity contribution in [2.75, 3.05) is 13.2 Å². The summed E-state index contributed by atoms with van der Waals surface area (Å²) in [4.78, 5) is 10.5. The number of esters is 1. The van der Waals surface area contributed by atoms with Gasteiger partial charge in [0.2, 0.25) is 6.10 Å². The molecule has 0 spiro atoms. The summed E-state index contributed by atoms with van der Waals surface area (Å²) in [5.74, 6) is -1.29. The molecule has 0 aliphatic carbocycles. The van der Waals surface area contributed by atoms with Crippen LogP contribution in [-0.2, 0) is 14.3 Å². The van der Waals surface area contributed by atoms with E-state index in [0.29, 0.717) is 0 Å². The second-order valence-corrected chi connectivity index (χ2v) is 2.58. The molecule has 16 heavy (non-hydrogen) atoms. The molecular weight excluding hydrogens is 246 g/mol. The number of hydrogen-bond acceptors (Lipinski definition) is 3. The van der Waals surface area contributed by atoms with Crippen molar-refractivity contribution >= 4 is 5.97 Å². The Balaban J connectivity index is 4.42. The predicted octanol–water partition coefficient (Wildman–Crippen LogP) is 2.06. The van der Waals surface area contributed by atoms with Crippen LogP contribution in [0.25, 0.3) is 0 Å². The largest absolute Gasteiger partial charge is 0.464 e. The Kier molecular flexibility index (Phi) is 5.04. The van der Waals surface area contributed by atoms with Gasteiger partial charge in [-0.15, -0.1) is 0 Å². The van der Waals surface area contributed by atoms with E-state index in [1.165, 1.54) is 6.92 Å². The lowest BCUT2D eigenvalue weighted by Crippen LogP contribution is -2.45. The third kappa shape index (κ3) is 5.19. The minimum atomic E-state index is -5.62. The average Bonchev–Trinajstić information content (AvgIpc) is 1.99. The first-order valence-corrected chi connectivity index (χ1v) is 3.99. The Bertz CT molecular complexity index is 219. The molecule has 0 radical (unpaired) electrons. The SMILES string of the molecule is CCOC(=O)COC(C(F)(F)F)C(F)(F)F. The second-order valence-electron chi connectivity index (χ2n) is 2.58. The minimum absolute atomic E-state index is 0.162. The van der Waals surface area contributed by atoms with Gasteiger partial charge in [0.25, 0.3) is 0 Å². The normalized spacial score (nSPS) is 13.0. The summed E-state index contributed by atoms with van der Waals surface area (Å²) >= 11 is 0. The molecule has 0 N–H and O–H groups in total. The number of carbonyl (C=O) groups is 1. The van der Waals surface area contributed by atoms with Crippen LogP contribution in [0.15, 0.2) is 0 Å². The highest BCUT2D eigenvalue weighted by molar-refractivity contribution is 5.70. The maximum Gasteiger partial charge on any atom is 0.423 e. The lowest BCUT2D eigenvalue weighted by atomic mass is 10.3. The molecule has 0 bridgehead atoms. The molecule has 0 heterocycles. The van der Waals surface area contributed by atoms with Crippen LogP contribution >= 0.6 is 0 Å². The summed E-state index contributed by atoms with van der Waals surface area (Å²) in [5, 5.41) is 0. The first-order valence-electron chi connectivity index (χ1n) is 3.99. The maximum absolute atomic E-state index is 11.9. The fourth-order valence-electron chi connectivity index (χ4n) is 0.729. The van der Waals surface area contributed by atoms with E-state index in [9.17, 15) is 31.1 Å². The molecule has 0 unspecified atom stereocenters. The standard InChI is InChI=1S/C7H8F6O3/c1-2-15-4(14)3-16-5(6(8,9)10)7(11,12)13/h5H,2-3H2,1H3. The summed E-state index contributed by atoms with van der Waals surface area (Å²) in [6, 6.07) is 0. The van der Waals surface area contributed by atoms with Crippen LogP contribution in [0.5, 0.6) is 0 Å². The van der Waals surface area contributed by atoms with Crippen molar-refractivity contribution in [1.29, 1.82) is 0 Å². The molecule has 0 saturated heterocycles. The molecule has 0 aliphatic heterocycles. The van der Waals surface area contributed by atoms with Crippen molar-refractivity contribution in [3.8, 4) is 0 Å². The molecule has 0 aromatic heterocycles. The maximum atomic E-state index is 11.9. The van der Waals surface area contributed by atoms with Gasteiger partial charge >= 0.3 is 18.3 Å². The highest BCUT2D eigenvalue weighted by Gasteiger charge is 2.58. The number of hydrogen-bond donors (Lipinski definition) is 0. The van der Waals surface area contributed by atoms with Gasteiger partial charge < -0.3 is 9.47 Å². The Morgan fingerprint density at radius 1 is 1.12 bits per heavy atom. The van der Waals surface area contributed by atoms with E-state index in [-0.39, 0.29) is 6.61 Å². The number of alkyl halides is 6. The van der Waals surface area contributed by atoms with Gasteiger partial charge in [0.05, 0.1) is 6.61 Å². The van der Waals surface area contributed by atoms with E-state index >= 15 is 0 Å². The molecular formula is C7H8F6O3. The zero-order valence-electron chi connectivity index (χ0n) is 7.98. The molecule has 0 amide bonds. The first kappa shape index (κ1) is 15.0. The summed E-state index contributed by atoms with van der Waals surface area (Å²) in [5.41, 5.74) is 0. The Hall–Kier alpha value is -0.990. The van der Waals surface area contributed by atoms with Gasteiger partial charge in [-0.2, -0.15) is 26.3 Å². The molecule has 0 aliphatic rings. The molecule has 0 atom stereocenters. The van der Waals surface area contributed by atoms with Gasteiger partial charge in [-0.25, -0.2) is 4.79 Å². The predicted molar refractivity (Wildman–Crippen MR) is 38.5 cm³/mol. The van der Waals surface area contributed by atoms with Gasteiger partial charge in [-0.3, -0.25) is 0 Å². The van der Waals surface area contributed by atoms with Gasteiger partial charge in [-0.1, -0.05) is 0 Å². The van der Waals surface area contributed by atoms with E-state index in [1.807, 2.05) is 0 Å². The van der Waals surface area contributed by atoms with E-state index < -0.39 is 31.0 Å². The van der Waals surface area contributed by atoms with E-state index in [0.717, 1.165) is 0 Å². The lowest BCUT2D eigenvalue weighted by Gasteiger charge is -2.22. The highest BCUT2D eigenvalue weighted by Crippen LogP contribution is 2.35. The first-order chi connectivity index (χ1) is 7.09.